The largest absolute Gasteiger partial charge is 0.501 e. The minimum Gasteiger partial charge on any atom is -0.321 e. The Hall–Kier alpha value is -2.42. The predicted molar refractivity (Wildman–Crippen MR) is 71.9 cm³/mol. The molecule has 0 fully saturated rings. The van der Waals surface area contributed by atoms with Gasteiger partial charge in [-0.05, 0) is 24.3 Å². The summed E-state index contributed by atoms with van der Waals surface area (Å²) in [6.07, 6.45) is 2.62. The number of carbonyl (C=O) groups excluding carboxylic acids is 1. The number of nitrogens with one attached hydrogen (secondary N) is 1. The van der Waals surface area contributed by atoms with Gasteiger partial charge >= 0.3 is 5.51 Å². The van der Waals surface area contributed by atoms with Gasteiger partial charge in [0.1, 0.15) is 0 Å². The molecule has 0 saturated heterocycles. The molecule has 0 aliphatic heterocycles. The molecule has 2 rings (SSSR count). The van der Waals surface area contributed by atoms with Crippen LogP contribution in [-0.4, -0.2) is 24.8 Å². The number of hydrogen-bond donors (Lipinski definition) is 1. The summed E-state index contributed by atoms with van der Waals surface area (Å²) in [6.45, 7) is 0. The third-order valence-electron chi connectivity index (χ3n) is 2.65. The average molecular weight is 330 g/mol. The highest BCUT2D eigenvalue weighted by Crippen LogP contribution is 2.34. The lowest BCUT2D eigenvalue weighted by molar-refractivity contribution is -0.0435. The average Bonchev–Trinajstić information content (AvgIpc) is 2.47. The van der Waals surface area contributed by atoms with E-state index in [1.54, 1.807) is 0 Å². The number of aromatic nitrogens is 1. The minimum atomic E-state index is -5.57. The van der Waals surface area contributed by atoms with Gasteiger partial charge in [0.2, 0.25) is 0 Å². The van der Waals surface area contributed by atoms with Crippen molar-refractivity contribution in [1.29, 1.82) is 0 Å². The van der Waals surface area contributed by atoms with Crippen molar-refractivity contribution < 1.29 is 26.4 Å². The van der Waals surface area contributed by atoms with E-state index >= 15 is 0 Å². The van der Waals surface area contributed by atoms with Gasteiger partial charge in [0.15, 0.2) is 0 Å². The number of carbonyl (C=O) groups is 1. The number of anilines is 1. The molecule has 0 aliphatic rings. The summed E-state index contributed by atoms with van der Waals surface area (Å²) in [5.74, 6) is -0.766. The van der Waals surface area contributed by atoms with Gasteiger partial charge in [-0.25, -0.2) is 8.42 Å². The van der Waals surface area contributed by atoms with Crippen molar-refractivity contribution in [3.8, 4) is 0 Å². The van der Waals surface area contributed by atoms with Gasteiger partial charge in [-0.1, -0.05) is 12.1 Å². The number of amides is 1. The number of alkyl halides is 3. The summed E-state index contributed by atoms with van der Waals surface area (Å²) in [7, 11) is -5.57. The fourth-order valence-corrected chi connectivity index (χ4v) is 2.54. The smallest absolute Gasteiger partial charge is 0.321 e. The van der Waals surface area contributed by atoms with E-state index in [-0.39, 0.29) is 5.56 Å². The number of pyridine rings is 1. The second kappa shape index (κ2) is 5.76. The number of sulfone groups is 1. The van der Waals surface area contributed by atoms with E-state index in [2.05, 4.69) is 10.3 Å². The highest BCUT2D eigenvalue weighted by atomic mass is 32.2. The topological polar surface area (TPSA) is 76.1 Å². The van der Waals surface area contributed by atoms with Crippen LogP contribution in [0, 0.1) is 0 Å². The number of nitrogens with zero attached hydrogens (tertiary/aromatic N) is 1. The summed E-state index contributed by atoms with van der Waals surface area (Å²) in [5, 5.41) is 2.15. The van der Waals surface area contributed by atoms with Crippen LogP contribution in [0.4, 0.5) is 18.9 Å². The van der Waals surface area contributed by atoms with Crippen molar-refractivity contribution in [3.63, 3.8) is 0 Å². The van der Waals surface area contributed by atoms with Gasteiger partial charge in [-0.2, -0.15) is 13.2 Å². The molecule has 0 bridgehead atoms. The third-order valence-corrected chi connectivity index (χ3v) is 4.20. The summed E-state index contributed by atoms with van der Waals surface area (Å²) < 4.78 is 61.0. The van der Waals surface area contributed by atoms with Crippen LogP contribution in [0.3, 0.4) is 0 Å². The molecule has 0 aliphatic carbocycles. The molecule has 0 unspecified atom stereocenters. The van der Waals surface area contributed by atoms with Crippen LogP contribution >= 0.6 is 0 Å². The van der Waals surface area contributed by atoms with E-state index in [0.29, 0.717) is 0 Å². The molecule has 0 atom stereocenters. The Morgan fingerprint density at radius 3 is 2.36 bits per heavy atom. The Bertz CT molecular complexity index is 790. The highest BCUT2D eigenvalue weighted by Gasteiger charge is 2.48. The quantitative estimate of drug-likeness (QED) is 0.938. The molecule has 22 heavy (non-hydrogen) atoms. The van der Waals surface area contributed by atoms with Gasteiger partial charge in [0.05, 0.1) is 16.1 Å². The Morgan fingerprint density at radius 1 is 1.09 bits per heavy atom. The van der Waals surface area contributed by atoms with Gasteiger partial charge in [-0.3, -0.25) is 9.78 Å². The molecule has 1 aromatic heterocycles. The van der Waals surface area contributed by atoms with E-state index in [1.165, 1.54) is 30.6 Å². The van der Waals surface area contributed by atoms with Crippen molar-refractivity contribution in [1.82, 2.24) is 4.98 Å². The molecular weight excluding hydrogens is 321 g/mol. The summed E-state index contributed by atoms with van der Waals surface area (Å²) in [4.78, 5) is 14.6. The van der Waals surface area contributed by atoms with Crippen molar-refractivity contribution in [3.05, 3.63) is 54.4 Å². The molecule has 2 aromatic rings. The van der Waals surface area contributed by atoms with E-state index in [4.69, 9.17) is 0 Å². The molecule has 0 saturated carbocycles. The molecule has 0 spiro atoms. The second-order valence-electron chi connectivity index (χ2n) is 4.14. The number of rotatable bonds is 3. The lowest BCUT2D eigenvalue weighted by Crippen LogP contribution is -2.25. The molecule has 5 nitrogen and oxygen atoms in total. The predicted octanol–water partition coefficient (Wildman–Crippen LogP) is 2.63. The zero-order chi connectivity index (χ0) is 16.4. The van der Waals surface area contributed by atoms with Crippen molar-refractivity contribution in [2.75, 3.05) is 5.32 Å². The summed E-state index contributed by atoms with van der Waals surface area (Å²) in [5.41, 5.74) is -5.82. The molecule has 1 amide bonds. The van der Waals surface area contributed by atoms with Crippen LogP contribution < -0.4 is 5.32 Å². The van der Waals surface area contributed by atoms with Crippen molar-refractivity contribution in [2.24, 2.45) is 0 Å². The number of hydrogen-bond acceptors (Lipinski definition) is 4. The molecule has 0 radical (unpaired) electrons. The van der Waals surface area contributed by atoms with Crippen LogP contribution in [0.25, 0.3) is 0 Å². The normalized spacial score (nSPS) is 12.0. The fraction of sp³-hybridized carbons (Fsp3) is 0.0769. The maximum absolute atomic E-state index is 12.6. The first kappa shape index (κ1) is 16.0. The standard InChI is InChI=1S/C13H9F3N2O3S/c14-13(15,16)22(20,21)11-6-2-1-5-10(11)18-12(19)9-4-3-7-17-8-9/h1-8H,(H,18,19). The molecule has 1 aromatic carbocycles. The zero-order valence-corrected chi connectivity index (χ0v) is 11.6. The first-order valence-electron chi connectivity index (χ1n) is 5.85. The molecule has 1 N–H and O–H groups in total. The number of para-hydroxylation sites is 1. The Balaban J connectivity index is 2.41. The summed E-state index contributed by atoms with van der Waals surface area (Å²) >= 11 is 0. The van der Waals surface area contributed by atoms with Crippen LogP contribution in [-0.2, 0) is 9.84 Å². The lowest BCUT2D eigenvalue weighted by atomic mass is 10.2. The second-order valence-corrected chi connectivity index (χ2v) is 6.05. The highest BCUT2D eigenvalue weighted by molar-refractivity contribution is 7.92. The summed E-state index contributed by atoms with van der Waals surface area (Å²) in [6, 6.07) is 7.16. The maximum Gasteiger partial charge on any atom is 0.501 e. The van der Waals surface area contributed by atoms with Gasteiger partial charge < -0.3 is 5.32 Å². The van der Waals surface area contributed by atoms with Crippen LogP contribution in [0.5, 0.6) is 0 Å². The van der Waals surface area contributed by atoms with Crippen molar-refractivity contribution in [2.45, 2.75) is 10.4 Å². The van der Waals surface area contributed by atoms with Crippen molar-refractivity contribution >= 4 is 21.4 Å². The van der Waals surface area contributed by atoms with Crippen LogP contribution in [0.15, 0.2) is 53.7 Å². The molecule has 1 heterocycles. The Kier molecular flexibility index (Phi) is 4.18. The first-order valence-corrected chi connectivity index (χ1v) is 7.33. The molecule has 9 heteroatoms. The van der Waals surface area contributed by atoms with Gasteiger partial charge in [-0.15, -0.1) is 0 Å². The monoisotopic (exact) mass is 330 g/mol. The van der Waals surface area contributed by atoms with E-state index < -0.39 is 31.8 Å². The lowest BCUT2D eigenvalue weighted by Gasteiger charge is -2.13. The van der Waals surface area contributed by atoms with Gasteiger partial charge in [0.25, 0.3) is 15.7 Å². The Morgan fingerprint density at radius 2 is 1.77 bits per heavy atom. The third kappa shape index (κ3) is 3.08. The molecular formula is C13H9F3N2O3S. The van der Waals surface area contributed by atoms with Crippen LogP contribution in [0.2, 0.25) is 0 Å². The number of halogens is 3. The fourth-order valence-electron chi connectivity index (χ4n) is 1.62. The molecule has 116 valence electrons. The van der Waals surface area contributed by atoms with E-state index in [0.717, 1.165) is 18.2 Å². The SMILES string of the molecule is O=C(Nc1ccccc1S(=O)(=O)C(F)(F)F)c1cccnc1. The van der Waals surface area contributed by atoms with E-state index in [1.807, 2.05) is 0 Å². The van der Waals surface area contributed by atoms with Crippen LogP contribution in [0.1, 0.15) is 10.4 Å². The zero-order valence-electron chi connectivity index (χ0n) is 10.8. The van der Waals surface area contributed by atoms with Gasteiger partial charge in [0, 0.05) is 12.4 Å². The first-order chi connectivity index (χ1) is 10.2. The Labute approximate surface area is 123 Å². The minimum absolute atomic E-state index is 0.0849. The maximum atomic E-state index is 12.6. The number of benzene rings is 1. The van der Waals surface area contributed by atoms with E-state index in [9.17, 15) is 26.4 Å².